The van der Waals surface area contributed by atoms with Gasteiger partial charge in [0.25, 0.3) is 0 Å². The smallest absolute Gasteiger partial charge is 0.326 e. The van der Waals surface area contributed by atoms with Gasteiger partial charge in [0.15, 0.2) is 0 Å². The molecule has 0 heterocycles. The van der Waals surface area contributed by atoms with Gasteiger partial charge in [-0.05, 0) is 30.0 Å². The minimum absolute atomic E-state index is 0.0431. The molecule has 14 nitrogen and oxygen atoms in total. The molecule has 0 spiro atoms. The molecule has 0 aliphatic carbocycles. The van der Waals surface area contributed by atoms with Gasteiger partial charge >= 0.3 is 11.9 Å². The Bertz CT molecular complexity index is 1020. The van der Waals surface area contributed by atoms with Gasteiger partial charge in [0.1, 0.15) is 23.9 Å². The SMILES string of the molecule is CCC(C)C(NC(=O)C(Cc1ccc(O)cc1)NC(=O)C(CC(=O)O)NC(=O)C(N)CCC(N)=O)C(=O)O. The number of carboxylic acid groups (broad SMARTS) is 2. The van der Waals surface area contributed by atoms with E-state index in [1.54, 1.807) is 13.8 Å². The quantitative estimate of drug-likeness (QED) is 0.122. The molecule has 0 aliphatic heterocycles. The third-order valence-corrected chi connectivity index (χ3v) is 5.84. The first-order valence-corrected chi connectivity index (χ1v) is 11.9. The highest BCUT2D eigenvalue weighted by molar-refractivity contribution is 5.95. The molecule has 1 aromatic carbocycles. The second-order valence-corrected chi connectivity index (χ2v) is 8.91. The molecule has 0 fully saturated rings. The zero-order valence-corrected chi connectivity index (χ0v) is 21.2. The van der Waals surface area contributed by atoms with Crippen LogP contribution in [0.15, 0.2) is 24.3 Å². The number of benzene rings is 1. The van der Waals surface area contributed by atoms with Crippen LogP contribution >= 0.6 is 0 Å². The van der Waals surface area contributed by atoms with Crippen LogP contribution in [0.2, 0.25) is 0 Å². The summed E-state index contributed by atoms with van der Waals surface area (Å²) >= 11 is 0. The summed E-state index contributed by atoms with van der Waals surface area (Å²) < 4.78 is 0. The summed E-state index contributed by atoms with van der Waals surface area (Å²) in [7, 11) is 0. The van der Waals surface area contributed by atoms with Crippen molar-refractivity contribution in [2.24, 2.45) is 17.4 Å². The van der Waals surface area contributed by atoms with Crippen LogP contribution in [0.5, 0.6) is 5.75 Å². The lowest BCUT2D eigenvalue weighted by Gasteiger charge is -2.26. The van der Waals surface area contributed by atoms with E-state index in [-0.39, 0.29) is 25.0 Å². The summed E-state index contributed by atoms with van der Waals surface area (Å²) in [6.07, 6.45) is -0.898. The van der Waals surface area contributed by atoms with Gasteiger partial charge in [0, 0.05) is 12.8 Å². The van der Waals surface area contributed by atoms with E-state index in [1.807, 2.05) is 0 Å². The highest BCUT2D eigenvalue weighted by atomic mass is 16.4. The summed E-state index contributed by atoms with van der Waals surface area (Å²) in [5.74, 6) is -6.68. The largest absolute Gasteiger partial charge is 0.508 e. The van der Waals surface area contributed by atoms with E-state index in [0.29, 0.717) is 12.0 Å². The van der Waals surface area contributed by atoms with Crippen molar-refractivity contribution in [2.75, 3.05) is 0 Å². The third-order valence-electron chi connectivity index (χ3n) is 5.84. The van der Waals surface area contributed by atoms with Crippen molar-refractivity contribution in [1.29, 1.82) is 0 Å². The number of aliphatic carboxylic acids is 2. The van der Waals surface area contributed by atoms with Crippen LogP contribution in [0.4, 0.5) is 0 Å². The second-order valence-electron chi connectivity index (χ2n) is 8.91. The molecular formula is C24H35N5O9. The van der Waals surface area contributed by atoms with Crippen LogP contribution in [-0.2, 0) is 35.2 Å². The van der Waals surface area contributed by atoms with Gasteiger partial charge in [-0.2, -0.15) is 0 Å². The molecule has 5 atom stereocenters. The van der Waals surface area contributed by atoms with Gasteiger partial charge in [-0.3, -0.25) is 24.0 Å². The maximum atomic E-state index is 13.1. The third kappa shape index (κ3) is 10.8. The number of amides is 4. The number of phenols is 1. The first-order valence-electron chi connectivity index (χ1n) is 11.9. The highest BCUT2D eigenvalue weighted by Gasteiger charge is 2.33. The summed E-state index contributed by atoms with van der Waals surface area (Å²) in [6, 6.07) is 0.158. The first kappa shape index (κ1) is 31.8. The Kier molecular flexibility index (Phi) is 12.7. The fourth-order valence-electron chi connectivity index (χ4n) is 3.38. The number of aromatic hydroxyl groups is 1. The lowest BCUT2D eigenvalue weighted by molar-refractivity contribution is -0.144. The maximum absolute atomic E-state index is 13.1. The Balaban J connectivity index is 3.17. The molecule has 1 aromatic rings. The molecule has 0 radical (unpaired) electrons. The number of carbonyl (C=O) groups excluding carboxylic acids is 4. The van der Waals surface area contributed by atoms with Crippen molar-refractivity contribution >= 4 is 35.6 Å². The Morgan fingerprint density at radius 3 is 1.95 bits per heavy atom. The number of hydrogen-bond acceptors (Lipinski definition) is 8. The number of carboxylic acids is 2. The minimum atomic E-state index is -1.64. The number of phenolic OH excluding ortho intramolecular Hbond substituents is 1. The number of carbonyl (C=O) groups is 6. The Hall–Kier alpha value is -4.20. The molecule has 14 heteroatoms. The monoisotopic (exact) mass is 537 g/mol. The number of primary amides is 1. The van der Waals surface area contributed by atoms with Crippen LogP contribution in [0, 0.1) is 5.92 Å². The van der Waals surface area contributed by atoms with Gasteiger partial charge in [0.2, 0.25) is 23.6 Å². The van der Waals surface area contributed by atoms with Gasteiger partial charge < -0.3 is 42.7 Å². The topological polar surface area (TPSA) is 251 Å². The van der Waals surface area contributed by atoms with Crippen LogP contribution in [0.25, 0.3) is 0 Å². The van der Waals surface area contributed by atoms with Crippen molar-refractivity contribution in [3.63, 3.8) is 0 Å². The van der Waals surface area contributed by atoms with Gasteiger partial charge in [-0.1, -0.05) is 32.4 Å². The van der Waals surface area contributed by atoms with Crippen LogP contribution in [0.1, 0.15) is 45.1 Å². The van der Waals surface area contributed by atoms with E-state index >= 15 is 0 Å². The zero-order valence-electron chi connectivity index (χ0n) is 21.2. The summed E-state index contributed by atoms with van der Waals surface area (Å²) in [5.41, 5.74) is 11.2. The predicted octanol–water partition coefficient (Wildman–Crippen LogP) is -1.41. The Morgan fingerprint density at radius 1 is 0.895 bits per heavy atom. The summed E-state index contributed by atoms with van der Waals surface area (Å²) in [6.45, 7) is 3.38. The number of hydrogen-bond donors (Lipinski definition) is 8. The molecular weight excluding hydrogens is 502 g/mol. The number of rotatable bonds is 16. The predicted molar refractivity (Wildman–Crippen MR) is 133 cm³/mol. The van der Waals surface area contributed by atoms with Crippen molar-refractivity contribution in [3.05, 3.63) is 29.8 Å². The molecule has 5 unspecified atom stereocenters. The van der Waals surface area contributed by atoms with E-state index in [2.05, 4.69) is 16.0 Å². The van der Waals surface area contributed by atoms with Crippen molar-refractivity contribution in [1.82, 2.24) is 16.0 Å². The fourth-order valence-corrected chi connectivity index (χ4v) is 3.38. The normalized spacial score (nSPS) is 14.7. The van der Waals surface area contributed by atoms with Crippen LogP contribution in [0.3, 0.4) is 0 Å². The fraction of sp³-hybridized carbons (Fsp3) is 0.500. The molecule has 0 aliphatic rings. The van der Waals surface area contributed by atoms with Gasteiger partial charge in [-0.15, -0.1) is 0 Å². The van der Waals surface area contributed by atoms with E-state index in [9.17, 15) is 44.1 Å². The second kappa shape index (κ2) is 15.1. The summed E-state index contributed by atoms with van der Waals surface area (Å²) in [5, 5.41) is 35.3. The molecule has 4 amide bonds. The summed E-state index contributed by atoms with van der Waals surface area (Å²) in [4.78, 5) is 72.5. The highest BCUT2D eigenvalue weighted by Crippen LogP contribution is 2.13. The molecule has 0 saturated heterocycles. The molecule has 0 saturated carbocycles. The number of nitrogens with two attached hydrogens (primary N) is 2. The minimum Gasteiger partial charge on any atom is -0.508 e. The Labute approximate surface area is 219 Å². The van der Waals surface area contributed by atoms with Crippen LogP contribution < -0.4 is 27.4 Å². The van der Waals surface area contributed by atoms with E-state index < -0.39 is 72.1 Å². The average molecular weight is 538 g/mol. The van der Waals surface area contributed by atoms with Crippen molar-refractivity contribution in [2.45, 2.75) is 70.1 Å². The van der Waals surface area contributed by atoms with Crippen molar-refractivity contribution in [3.8, 4) is 5.75 Å². The lowest BCUT2D eigenvalue weighted by Crippen LogP contribution is -2.58. The first-order chi connectivity index (χ1) is 17.7. The van der Waals surface area contributed by atoms with Gasteiger partial charge in [0.05, 0.1) is 12.5 Å². The molecule has 1 rings (SSSR count). The molecule has 10 N–H and O–H groups in total. The van der Waals surface area contributed by atoms with E-state index in [1.165, 1.54) is 24.3 Å². The standard InChI is InChI=1S/C24H35N5O9/c1-3-12(2)20(24(37)38)29-23(36)16(10-13-4-6-14(30)7-5-13)28-22(35)17(11-19(32)33)27-21(34)15(25)8-9-18(26)31/h4-7,12,15-17,20,30H,3,8-11,25H2,1-2H3,(H2,26,31)(H,27,34)(H,28,35)(H,29,36)(H,32,33)(H,37,38). The lowest BCUT2D eigenvalue weighted by atomic mass is 9.98. The van der Waals surface area contributed by atoms with E-state index in [4.69, 9.17) is 11.5 Å². The molecule has 210 valence electrons. The van der Waals surface area contributed by atoms with Crippen molar-refractivity contribution < 1.29 is 44.1 Å². The Morgan fingerprint density at radius 2 is 1.45 bits per heavy atom. The molecule has 38 heavy (non-hydrogen) atoms. The number of nitrogens with one attached hydrogen (secondary N) is 3. The van der Waals surface area contributed by atoms with Crippen LogP contribution in [-0.4, -0.2) is 75.1 Å². The average Bonchev–Trinajstić information content (AvgIpc) is 2.84. The maximum Gasteiger partial charge on any atom is 0.326 e. The molecule has 0 bridgehead atoms. The van der Waals surface area contributed by atoms with E-state index in [0.717, 1.165) is 0 Å². The van der Waals surface area contributed by atoms with Gasteiger partial charge in [-0.25, -0.2) is 4.79 Å². The molecule has 0 aromatic heterocycles. The zero-order chi connectivity index (χ0) is 29.0.